The lowest BCUT2D eigenvalue weighted by Gasteiger charge is -2.60. The topological polar surface area (TPSA) is 49.3 Å². The Morgan fingerprint density at radius 3 is 2.72 bits per heavy atom. The molecule has 5 heteroatoms. The first-order valence-electron chi connectivity index (χ1n) is 6.44. The number of aryl methyl sites for hydroxylation is 1. The van der Waals surface area contributed by atoms with Crippen molar-refractivity contribution in [2.24, 2.45) is 5.41 Å². The number of likely N-dealkylation sites (tertiary alicyclic amines) is 1. The summed E-state index contributed by atoms with van der Waals surface area (Å²) in [6.45, 7) is 7.48. The summed E-state index contributed by atoms with van der Waals surface area (Å²) in [7, 11) is 0. The Morgan fingerprint density at radius 1 is 1.39 bits per heavy atom. The van der Waals surface area contributed by atoms with E-state index in [1.807, 2.05) is 17.2 Å². The highest BCUT2D eigenvalue weighted by molar-refractivity contribution is 5.74. The lowest BCUT2D eigenvalue weighted by atomic mass is 9.73. The number of anilines is 1. The van der Waals surface area contributed by atoms with Gasteiger partial charge < -0.3 is 9.80 Å². The van der Waals surface area contributed by atoms with E-state index in [9.17, 15) is 4.79 Å². The van der Waals surface area contributed by atoms with E-state index in [2.05, 4.69) is 21.8 Å². The van der Waals surface area contributed by atoms with E-state index in [0.717, 1.165) is 44.2 Å². The Balaban J connectivity index is 1.61. The van der Waals surface area contributed by atoms with Crippen LogP contribution < -0.4 is 4.90 Å². The molecule has 0 bridgehead atoms. The van der Waals surface area contributed by atoms with Gasteiger partial charge in [-0.2, -0.15) is 0 Å². The molecule has 3 rings (SSSR count). The van der Waals surface area contributed by atoms with E-state index >= 15 is 0 Å². The monoisotopic (exact) mass is 246 g/mol. The SMILES string of the molecule is CCc1ccnc(N2CC3(CN(C(C)=O)C3)C2)n1. The zero-order chi connectivity index (χ0) is 12.8. The fourth-order valence-corrected chi connectivity index (χ4v) is 2.82. The molecule has 0 aliphatic carbocycles. The van der Waals surface area contributed by atoms with Crippen molar-refractivity contribution in [3.05, 3.63) is 18.0 Å². The van der Waals surface area contributed by atoms with Gasteiger partial charge in [0.2, 0.25) is 11.9 Å². The van der Waals surface area contributed by atoms with Crippen LogP contribution in [0.25, 0.3) is 0 Å². The number of rotatable bonds is 2. The molecular formula is C13H18N4O. The molecule has 1 aromatic heterocycles. The zero-order valence-electron chi connectivity index (χ0n) is 10.9. The van der Waals surface area contributed by atoms with Crippen molar-refractivity contribution in [2.75, 3.05) is 31.1 Å². The van der Waals surface area contributed by atoms with E-state index < -0.39 is 0 Å². The fourth-order valence-electron chi connectivity index (χ4n) is 2.82. The third-order valence-electron chi connectivity index (χ3n) is 3.90. The normalized spacial score (nSPS) is 20.6. The minimum absolute atomic E-state index is 0.184. The van der Waals surface area contributed by atoms with Gasteiger partial charge in [-0.25, -0.2) is 9.97 Å². The highest BCUT2D eigenvalue weighted by Crippen LogP contribution is 2.40. The summed E-state index contributed by atoms with van der Waals surface area (Å²) in [5, 5.41) is 0. The Bertz CT molecular complexity index is 474. The molecule has 18 heavy (non-hydrogen) atoms. The average Bonchev–Trinajstić information content (AvgIpc) is 2.25. The Labute approximate surface area is 107 Å². The molecule has 96 valence electrons. The van der Waals surface area contributed by atoms with Crippen LogP contribution in [0.3, 0.4) is 0 Å². The predicted octanol–water partition coefficient (Wildman–Crippen LogP) is 0.707. The number of hydrogen-bond acceptors (Lipinski definition) is 4. The van der Waals surface area contributed by atoms with E-state index in [1.54, 1.807) is 6.92 Å². The highest BCUT2D eigenvalue weighted by atomic mass is 16.2. The van der Waals surface area contributed by atoms with Crippen LogP contribution in [0.4, 0.5) is 5.95 Å². The summed E-state index contributed by atoms with van der Waals surface area (Å²) >= 11 is 0. The van der Waals surface area contributed by atoms with Crippen LogP contribution in [-0.4, -0.2) is 47.0 Å². The smallest absolute Gasteiger partial charge is 0.225 e. The van der Waals surface area contributed by atoms with Crippen LogP contribution >= 0.6 is 0 Å². The van der Waals surface area contributed by atoms with Gasteiger partial charge in [0.05, 0.1) is 0 Å². The molecule has 0 N–H and O–H groups in total. The second kappa shape index (κ2) is 3.93. The van der Waals surface area contributed by atoms with Gasteiger partial charge in [-0.1, -0.05) is 6.92 Å². The first kappa shape index (κ1) is 11.4. The van der Waals surface area contributed by atoms with Crippen LogP contribution in [-0.2, 0) is 11.2 Å². The van der Waals surface area contributed by atoms with Crippen molar-refractivity contribution in [1.82, 2.24) is 14.9 Å². The van der Waals surface area contributed by atoms with E-state index in [-0.39, 0.29) is 5.91 Å². The summed E-state index contributed by atoms with van der Waals surface area (Å²) in [4.78, 5) is 24.1. The van der Waals surface area contributed by atoms with E-state index in [4.69, 9.17) is 0 Å². The summed E-state index contributed by atoms with van der Waals surface area (Å²) in [6.07, 6.45) is 2.77. The average molecular weight is 246 g/mol. The van der Waals surface area contributed by atoms with Crippen LogP contribution in [0.5, 0.6) is 0 Å². The van der Waals surface area contributed by atoms with E-state index in [1.165, 1.54) is 0 Å². The minimum atomic E-state index is 0.184. The van der Waals surface area contributed by atoms with Gasteiger partial charge in [-0.3, -0.25) is 4.79 Å². The lowest BCUT2D eigenvalue weighted by molar-refractivity contribution is -0.142. The van der Waals surface area contributed by atoms with Crippen LogP contribution in [0.2, 0.25) is 0 Å². The number of hydrogen-bond donors (Lipinski definition) is 0. The van der Waals surface area contributed by atoms with Gasteiger partial charge in [-0.05, 0) is 12.5 Å². The Morgan fingerprint density at radius 2 is 2.11 bits per heavy atom. The third kappa shape index (κ3) is 1.74. The lowest BCUT2D eigenvalue weighted by Crippen LogP contribution is -2.73. The van der Waals surface area contributed by atoms with Gasteiger partial charge >= 0.3 is 0 Å². The number of aromatic nitrogens is 2. The molecule has 0 radical (unpaired) electrons. The van der Waals surface area contributed by atoms with Gasteiger partial charge in [0, 0.05) is 50.4 Å². The van der Waals surface area contributed by atoms with Crippen molar-refractivity contribution < 1.29 is 4.79 Å². The molecule has 1 aromatic rings. The molecule has 2 saturated heterocycles. The van der Waals surface area contributed by atoms with Crippen molar-refractivity contribution in [3.63, 3.8) is 0 Å². The zero-order valence-corrected chi connectivity index (χ0v) is 10.9. The van der Waals surface area contributed by atoms with Crippen LogP contribution in [0, 0.1) is 5.41 Å². The number of nitrogens with zero attached hydrogens (tertiary/aromatic N) is 4. The summed E-state index contributed by atoms with van der Waals surface area (Å²) < 4.78 is 0. The third-order valence-corrected chi connectivity index (χ3v) is 3.90. The van der Waals surface area contributed by atoms with Crippen molar-refractivity contribution in [1.29, 1.82) is 0 Å². The quantitative estimate of drug-likeness (QED) is 0.771. The van der Waals surface area contributed by atoms with Gasteiger partial charge in [0.25, 0.3) is 0 Å². The van der Waals surface area contributed by atoms with E-state index in [0.29, 0.717) is 5.41 Å². The number of carbonyl (C=O) groups is 1. The van der Waals surface area contributed by atoms with Gasteiger partial charge in [-0.15, -0.1) is 0 Å². The van der Waals surface area contributed by atoms with Crippen LogP contribution in [0.1, 0.15) is 19.5 Å². The second-order valence-electron chi connectivity index (χ2n) is 5.43. The maximum atomic E-state index is 11.2. The van der Waals surface area contributed by atoms with Gasteiger partial charge in [0.1, 0.15) is 0 Å². The van der Waals surface area contributed by atoms with Crippen molar-refractivity contribution in [2.45, 2.75) is 20.3 Å². The molecule has 2 aliphatic rings. The second-order valence-corrected chi connectivity index (χ2v) is 5.43. The molecule has 3 heterocycles. The molecule has 2 aliphatic heterocycles. The summed E-state index contributed by atoms with van der Waals surface area (Å²) in [5.74, 6) is 1.02. The van der Waals surface area contributed by atoms with Gasteiger partial charge in [0.15, 0.2) is 0 Å². The molecule has 1 spiro atoms. The number of carbonyl (C=O) groups excluding carboxylic acids is 1. The number of amides is 1. The molecule has 0 atom stereocenters. The Kier molecular flexibility index (Phi) is 2.50. The van der Waals surface area contributed by atoms with Crippen molar-refractivity contribution in [3.8, 4) is 0 Å². The highest BCUT2D eigenvalue weighted by Gasteiger charge is 2.53. The predicted molar refractivity (Wildman–Crippen MR) is 68.3 cm³/mol. The van der Waals surface area contributed by atoms with Crippen LogP contribution in [0.15, 0.2) is 12.3 Å². The molecule has 2 fully saturated rings. The van der Waals surface area contributed by atoms with Crippen molar-refractivity contribution >= 4 is 11.9 Å². The molecular weight excluding hydrogens is 228 g/mol. The first-order chi connectivity index (χ1) is 8.62. The largest absolute Gasteiger partial charge is 0.341 e. The maximum Gasteiger partial charge on any atom is 0.225 e. The molecule has 0 saturated carbocycles. The summed E-state index contributed by atoms with van der Waals surface area (Å²) in [6, 6.07) is 1.96. The molecule has 5 nitrogen and oxygen atoms in total. The fraction of sp³-hybridized carbons (Fsp3) is 0.615. The molecule has 1 amide bonds. The molecule has 0 aromatic carbocycles. The minimum Gasteiger partial charge on any atom is -0.341 e. The Hall–Kier alpha value is -1.65. The molecule has 0 unspecified atom stereocenters. The summed E-state index contributed by atoms with van der Waals surface area (Å²) in [5.41, 5.74) is 1.40. The standard InChI is InChI=1S/C13H18N4O/c1-3-11-4-5-14-12(15-11)17-8-13(9-17)6-16(7-13)10(2)18/h4-5H,3,6-9H2,1-2H3. The maximum absolute atomic E-state index is 11.2. The first-order valence-corrected chi connectivity index (χ1v) is 6.44.